The highest BCUT2D eigenvalue weighted by Gasteiger charge is 2.23. The smallest absolute Gasteiger partial charge is 0.316 e. The molecule has 0 radical (unpaired) electrons. The van der Waals surface area contributed by atoms with E-state index in [1.165, 1.54) is 0 Å². The van der Waals surface area contributed by atoms with E-state index in [9.17, 15) is 13.2 Å². The van der Waals surface area contributed by atoms with Crippen LogP contribution in [0, 0.1) is 0 Å². The number of unbranched alkanes of at least 4 members (excludes halogenated alkanes) is 2. The van der Waals surface area contributed by atoms with Crippen molar-refractivity contribution in [3.63, 3.8) is 0 Å². The summed E-state index contributed by atoms with van der Waals surface area (Å²) in [6.07, 6.45) is 4.18. The van der Waals surface area contributed by atoms with Gasteiger partial charge >= 0.3 is 10.5 Å². The van der Waals surface area contributed by atoms with Crippen LogP contribution in [0.4, 0.5) is 5.69 Å². The molecule has 0 aromatic heterocycles. The maximum Gasteiger partial charge on any atom is 0.316 e. The number of hydrogen-bond acceptors (Lipinski definition) is 6. The molecule has 0 bridgehead atoms. The van der Waals surface area contributed by atoms with Gasteiger partial charge in [0.25, 0.3) is 0 Å². The van der Waals surface area contributed by atoms with Crippen LogP contribution in [-0.2, 0) is 21.7 Å². The molecule has 0 heterocycles. The number of thiocarbonyl (C=S) groups is 1. The fourth-order valence-electron chi connectivity index (χ4n) is 2.86. The zero-order chi connectivity index (χ0) is 21.1. The van der Waals surface area contributed by atoms with Crippen molar-refractivity contribution < 1.29 is 17.9 Å². The number of amides is 1. The highest BCUT2D eigenvalue weighted by Crippen LogP contribution is 2.29. The second kappa shape index (κ2) is 12.5. The number of ether oxygens (including phenoxy) is 1. The average Bonchev–Trinajstić information content (AvgIpc) is 2.63. The lowest BCUT2D eigenvalue weighted by Gasteiger charge is -2.29. The minimum atomic E-state index is -2.61. The molecular formula is C19H29N3O4S2. The van der Waals surface area contributed by atoms with E-state index < -0.39 is 10.5 Å². The topological polar surface area (TPSA) is 88.1 Å². The first kappa shape index (κ1) is 24.0. The van der Waals surface area contributed by atoms with Gasteiger partial charge in [-0.1, -0.05) is 32.3 Å². The van der Waals surface area contributed by atoms with Crippen molar-refractivity contribution in [2.75, 3.05) is 13.7 Å². The summed E-state index contributed by atoms with van der Waals surface area (Å²) in [7, 11) is -0.919. The van der Waals surface area contributed by atoms with Crippen molar-refractivity contribution in [2.24, 2.45) is 4.36 Å². The van der Waals surface area contributed by atoms with E-state index in [0.29, 0.717) is 23.0 Å². The number of nitrogens with zero attached hydrogens (tertiary/aromatic N) is 2. The minimum absolute atomic E-state index is 0.0278. The quantitative estimate of drug-likeness (QED) is 0.453. The summed E-state index contributed by atoms with van der Waals surface area (Å²) in [5, 5.41) is 3.26. The van der Waals surface area contributed by atoms with Gasteiger partial charge in [0.2, 0.25) is 5.91 Å². The predicted octanol–water partition coefficient (Wildman–Crippen LogP) is 3.62. The van der Waals surface area contributed by atoms with Crippen molar-refractivity contribution in [1.82, 2.24) is 10.2 Å². The lowest BCUT2D eigenvalue weighted by atomic mass is 10.1. The first-order valence-corrected chi connectivity index (χ1v) is 10.9. The summed E-state index contributed by atoms with van der Waals surface area (Å²) in [6.45, 7) is 6.30. The van der Waals surface area contributed by atoms with Gasteiger partial charge in [0, 0.05) is 13.1 Å². The molecule has 1 amide bonds. The Kier molecular flexibility index (Phi) is 10.7. The fourth-order valence-corrected chi connectivity index (χ4v) is 3.45. The van der Waals surface area contributed by atoms with E-state index in [4.69, 9.17) is 17.0 Å². The molecule has 0 saturated carbocycles. The number of benzene rings is 1. The minimum Gasteiger partial charge on any atom is -0.492 e. The van der Waals surface area contributed by atoms with Gasteiger partial charge in [0.05, 0.1) is 13.0 Å². The average molecular weight is 428 g/mol. The molecule has 0 spiro atoms. The molecule has 7 nitrogen and oxygen atoms in total. The van der Waals surface area contributed by atoms with Crippen molar-refractivity contribution >= 4 is 39.4 Å². The zero-order valence-corrected chi connectivity index (χ0v) is 18.5. The van der Waals surface area contributed by atoms with Crippen LogP contribution in [-0.4, -0.2) is 44.0 Å². The third-order valence-electron chi connectivity index (χ3n) is 4.22. The Bertz CT molecular complexity index is 801. The van der Waals surface area contributed by atoms with Gasteiger partial charge in [0.15, 0.2) is 5.11 Å². The molecule has 0 aliphatic carbocycles. The van der Waals surface area contributed by atoms with E-state index in [-0.39, 0.29) is 24.1 Å². The highest BCUT2D eigenvalue weighted by atomic mass is 32.2. The van der Waals surface area contributed by atoms with E-state index in [1.54, 1.807) is 37.1 Å². The molecule has 28 heavy (non-hydrogen) atoms. The van der Waals surface area contributed by atoms with Crippen LogP contribution in [0.3, 0.4) is 0 Å². The first-order chi connectivity index (χ1) is 13.3. The third kappa shape index (κ3) is 7.55. The lowest BCUT2D eigenvalue weighted by molar-refractivity contribution is -0.128. The van der Waals surface area contributed by atoms with Crippen LogP contribution in [0.1, 0.15) is 52.0 Å². The molecule has 0 unspecified atom stereocenters. The fraction of sp³-hybridized carbons (Fsp3) is 0.579. The normalized spacial score (nSPS) is 11.4. The van der Waals surface area contributed by atoms with Gasteiger partial charge in [-0.05, 0) is 50.2 Å². The van der Waals surface area contributed by atoms with Crippen LogP contribution in [0.25, 0.3) is 0 Å². The first-order valence-electron chi connectivity index (χ1n) is 9.44. The zero-order valence-electron chi connectivity index (χ0n) is 16.9. The number of nitrogens with one attached hydrogen (secondary N) is 1. The molecule has 156 valence electrons. The van der Waals surface area contributed by atoms with Gasteiger partial charge < -0.3 is 10.1 Å². The van der Waals surface area contributed by atoms with Gasteiger partial charge in [-0.25, -0.2) is 0 Å². The lowest BCUT2D eigenvalue weighted by Crippen LogP contribution is -2.48. The molecule has 0 fully saturated rings. The van der Waals surface area contributed by atoms with Gasteiger partial charge in [-0.2, -0.15) is 8.42 Å². The summed E-state index contributed by atoms with van der Waals surface area (Å²) in [4.78, 5) is 14.5. The van der Waals surface area contributed by atoms with E-state index in [1.807, 2.05) is 6.92 Å². The Morgan fingerprint density at radius 1 is 1.32 bits per heavy atom. The molecule has 1 aromatic carbocycles. The largest absolute Gasteiger partial charge is 0.492 e. The van der Waals surface area contributed by atoms with Crippen LogP contribution < -0.4 is 10.1 Å². The summed E-state index contributed by atoms with van der Waals surface area (Å²) < 4.78 is 30.9. The van der Waals surface area contributed by atoms with Crippen molar-refractivity contribution in [3.05, 3.63) is 23.8 Å². The van der Waals surface area contributed by atoms with Crippen LogP contribution in [0.5, 0.6) is 5.75 Å². The van der Waals surface area contributed by atoms with Crippen molar-refractivity contribution in [3.8, 4) is 5.75 Å². The maximum atomic E-state index is 12.9. The van der Waals surface area contributed by atoms with Crippen LogP contribution >= 0.6 is 12.2 Å². The number of carbonyl (C=O) groups is 1. The van der Waals surface area contributed by atoms with E-state index in [2.05, 4.69) is 16.6 Å². The summed E-state index contributed by atoms with van der Waals surface area (Å²) in [5.41, 5.74) is 0.821. The Balaban J connectivity index is 3.06. The summed E-state index contributed by atoms with van der Waals surface area (Å²) in [5.74, 6) is 0.208. The third-order valence-corrected chi connectivity index (χ3v) is 4.97. The Morgan fingerprint density at radius 2 is 2.04 bits per heavy atom. The SMILES string of the molecule is CCCCC[C@H](C)N(C(=O)Cc1ccc(OCC)c(N=S(=O)=O)c1)C(=S)NC. The van der Waals surface area contributed by atoms with Gasteiger partial charge in [-0.15, -0.1) is 4.36 Å². The molecule has 9 heteroatoms. The Hall–Kier alpha value is -2.00. The second-order valence-corrected chi connectivity index (χ2v) is 7.39. The molecule has 1 N–H and O–H groups in total. The summed E-state index contributed by atoms with van der Waals surface area (Å²) >= 11 is 5.34. The highest BCUT2D eigenvalue weighted by molar-refractivity contribution is 7.80. The molecule has 0 saturated heterocycles. The Morgan fingerprint density at radius 3 is 2.61 bits per heavy atom. The Labute approximate surface area is 174 Å². The molecular weight excluding hydrogens is 398 g/mol. The molecule has 1 rings (SSSR count). The number of carbonyl (C=O) groups excluding carboxylic acids is 1. The predicted molar refractivity (Wildman–Crippen MR) is 114 cm³/mol. The maximum absolute atomic E-state index is 12.9. The number of hydrogen-bond donors (Lipinski definition) is 1. The number of rotatable bonds is 10. The van der Waals surface area contributed by atoms with E-state index >= 15 is 0 Å². The van der Waals surface area contributed by atoms with Crippen molar-refractivity contribution in [2.45, 2.75) is 58.9 Å². The molecule has 0 aliphatic heterocycles. The second-order valence-electron chi connectivity index (χ2n) is 6.38. The monoisotopic (exact) mass is 427 g/mol. The van der Waals surface area contributed by atoms with Gasteiger partial charge in [0.1, 0.15) is 11.4 Å². The van der Waals surface area contributed by atoms with Crippen LogP contribution in [0.2, 0.25) is 0 Å². The van der Waals surface area contributed by atoms with E-state index in [0.717, 1.165) is 25.7 Å². The molecule has 1 aromatic rings. The van der Waals surface area contributed by atoms with Crippen molar-refractivity contribution in [1.29, 1.82) is 0 Å². The van der Waals surface area contributed by atoms with Gasteiger partial charge in [-0.3, -0.25) is 9.69 Å². The molecule has 1 atom stereocenters. The van der Waals surface area contributed by atoms with Crippen LogP contribution in [0.15, 0.2) is 22.6 Å². The molecule has 0 aliphatic rings. The standard InChI is InChI=1S/C19H29N3O4S2/c1-5-7-8-9-14(3)22(19(27)20-4)18(23)13-15-10-11-17(26-6-2)16(12-15)21-28(24)25/h10-12,14H,5-9,13H2,1-4H3,(H,20,27)/t14-/m0/s1. The summed E-state index contributed by atoms with van der Waals surface area (Å²) in [6, 6.07) is 4.89.